The third kappa shape index (κ3) is 4.45. The average Bonchev–Trinajstić information content (AvgIpc) is 2.81. The summed E-state index contributed by atoms with van der Waals surface area (Å²) >= 11 is 0. The molecule has 3 aromatic carbocycles. The van der Waals surface area contributed by atoms with Crippen molar-refractivity contribution < 1.29 is 18.7 Å². The van der Waals surface area contributed by atoms with Crippen LogP contribution in [0.25, 0.3) is 0 Å². The highest BCUT2D eigenvalue weighted by atomic mass is 19.1. The zero-order valence-electron chi connectivity index (χ0n) is 19.7. The molecule has 1 heterocycles. The van der Waals surface area contributed by atoms with Crippen LogP contribution in [0.4, 0.5) is 10.1 Å². The van der Waals surface area contributed by atoms with Gasteiger partial charge >= 0.3 is 0 Å². The van der Waals surface area contributed by atoms with Gasteiger partial charge in [-0.2, -0.15) is 0 Å². The van der Waals surface area contributed by atoms with Crippen LogP contribution >= 0.6 is 0 Å². The highest BCUT2D eigenvalue weighted by molar-refractivity contribution is 5.98. The van der Waals surface area contributed by atoms with E-state index < -0.39 is 6.04 Å². The van der Waals surface area contributed by atoms with Crippen LogP contribution in [0.2, 0.25) is 0 Å². The monoisotopic (exact) mass is 447 g/mol. The van der Waals surface area contributed by atoms with Gasteiger partial charge in [0.15, 0.2) is 11.5 Å². The quantitative estimate of drug-likeness (QED) is 0.435. The smallest absolute Gasteiger partial charge is 0.232 e. The van der Waals surface area contributed by atoms with Crippen molar-refractivity contribution in [1.82, 2.24) is 0 Å². The van der Waals surface area contributed by atoms with E-state index in [1.54, 1.807) is 17.9 Å². The number of hydrogen-bond acceptors (Lipinski definition) is 3. The Hall–Kier alpha value is -3.34. The maximum absolute atomic E-state index is 14.5. The summed E-state index contributed by atoms with van der Waals surface area (Å²) in [5.74, 6) is 0.883. The number of fused-ring (bicyclic) bond motifs is 1. The molecule has 0 saturated carbocycles. The third-order valence-corrected chi connectivity index (χ3v) is 6.11. The zero-order valence-corrected chi connectivity index (χ0v) is 19.7. The summed E-state index contributed by atoms with van der Waals surface area (Å²) in [6.45, 7) is 8.69. The molecule has 0 fully saturated rings. The van der Waals surface area contributed by atoms with Gasteiger partial charge in [-0.1, -0.05) is 37.3 Å². The van der Waals surface area contributed by atoms with E-state index >= 15 is 0 Å². The standard InChI is InChI=1S/C28H30FNO3/c1-5-19-9-11-20(12-10-19)28-23-17-26(33-7-3)25(32-6-2)14-21(23)15-27(31)30(28)22-13-8-18(4)24(29)16-22/h8-14,16-17,28H,5-7,15H2,1-4H3/t28-/m0/s1. The van der Waals surface area contributed by atoms with Gasteiger partial charge < -0.3 is 14.4 Å². The summed E-state index contributed by atoms with van der Waals surface area (Å²) in [4.78, 5) is 15.2. The van der Waals surface area contributed by atoms with Gasteiger partial charge in [0.2, 0.25) is 5.91 Å². The number of carbonyl (C=O) groups excluding carboxylic acids is 1. The number of benzene rings is 3. The fourth-order valence-electron chi connectivity index (χ4n) is 4.38. The molecule has 172 valence electrons. The molecule has 0 aromatic heterocycles. The Labute approximate surface area is 195 Å². The second-order valence-corrected chi connectivity index (χ2v) is 8.24. The molecular formula is C28H30FNO3. The summed E-state index contributed by atoms with van der Waals surface area (Å²) < 4.78 is 26.2. The van der Waals surface area contributed by atoms with Crippen LogP contribution in [-0.2, 0) is 17.6 Å². The molecule has 1 amide bonds. The lowest BCUT2D eigenvalue weighted by molar-refractivity contribution is -0.118. The number of halogens is 1. The molecule has 4 nitrogen and oxygen atoms in total. The molecule has 5 heteroatoms. The molecule has 0 radical (unpaired) electrons. The zero-order chi connectivity index (χ0) is 23.5. The van der Waals surface area contributed by atoms with Crippen molar-refractivity contribution in [2.24, 2.45) is 0 Å². The normalized spacial score (nSPS) is 15.4. The van der Waals surface area contributed by atoms with E-state index in [1.165, 1.54) is 11.6 Å². The van der Waals surface area contributed by atoms with Crippen LogP contribution in [0, 0.1) is 12.7 Å². The highest BCUT2D eigenvalue weighted by Gasteiger charge is 2.36. The lowest BCUT2D eigenvalue weighted by Gasteiger charge is -2.38. The van der Waals surface area contributed by atoms with Gasteiger partial charge in [0, 0.05) is 5.69 Å². The molecule has 0 N–H and O–H groups in total. The van der Waals surface area contributed by atoms with E-state index in [4.69, 9.17) is 9.47 Å². The van der Waals surface area contributed by atoms with Crippen LogP contribution in [0.5, 0.6) is 11.5 Å². The Morgan fingerprint density at radius 2 is 1.61 bits per heavy atom. The molecule has 33 heavy (non-hydrogen) atoms. The lowest BCUT2D eigenvalue weighted by atomic mass is 9.86. The molecule has 3 aromatic rings. The van der Waals surface area contributed by atoms with Crippen LogP contribution < -0.4 is 14.4 Å². The number of aryl methyl sites for hydroxylation is 2. The molecule has 0 unspecified atom stereocenters. The fourth-order valence-corrected chi connectivity index (χ4v) is 4.38. The predicted octanol–water partition coefficient (Wildman–Crippen LogP) is 6.17. The topological polar surface area (TPSA) is 38.8 Å². The molecule has 0 spiro atoms. The molecule has 1 aliphatic rings. The van der Waals surface area contributed by atoms with Gasteiger partial charge in [-0.05, 0) is 79.3 Å². The third-order valence-electron chi connectivity index (χ3n) is 6.11. The summed E-state index contributed by atoms with van der Waals surface area (Å²) in [5, 5.41) is 0. The molecular weight excluding hydrogens is 417 g/mol. The van der Waals surface area contributed by atoms with Crippen molar-refractivity contribution in [3.63, 3.8) is 0 Å². The number of amides is 1. The maximum atomic E-state index is 14.5. The van der Waals surface area contributed by atoms with Gasteiger partial charge in [-0.3, -0.25) is 4.79 Å². The Balaban J connectivity index is 1.92. The molecule has 1 aliphatic heterocycles. The first-order valence-electron chi connectivity index (χ1n) is 11.6. The second kappa shape index (κ2) is 9.65. The summed E-state index contributed by atoms with van der Waals surface area (Å²) in [6, 6.07) is 16.8. The number of nitrogens with zero attached hydrogens (tertiary/aromatic N) is 1. The Morgan fingerprint density at radius 3 is 2.21 bits per heavy atom. The van der Waals surface area contributed by atoms with E-state index in [2.05, 4.69) is 31.2 Å². The lowest BCUT2D eigenvalue weighted by Crippen LogP contribution is -2.41. The molecule has 0 bridgehead atoms. The van der Waals surface area contributed by atoms with Gasteiger partial charge in [0.05, 0.1) is 25.7 Å². The molecule has 4 rings (SSSR count). The van der Waals surface area contributed by atoms with Crippen molar-refractivity contribution in [3.05, 3.63) is 88.2 Å². The number of anilines is 1. The first-order valence-corrected chi connectivity index (χ1v) is 11.6. The molecule has 1 atom stereocenters. The Kier molecular flexibility index (Phi) is 6.68. The van der Waals surface area contributed by atoms with E-state index in [9.17, 15) is 9.18 Å². The minimum atomic E-state index is -0.399. The minimum Gasteiger partial charge on any atom is -0.490 e. The fraction of sp³-hybridized carbons (Fsp3) is 0.321. The minimum absolute atomic E-state index is 0.0815. The van der Waals surface area contributed by atoms with E-state index in [0.29, 0.717) is 36.0 Å². The number of carbonyl (C=O) groups is 1. The predicted molar refractivity (Wildman–Crippen MR) is 129 cm³/mol. The molecule has 0 saturated heterocycles. The maximum Gasteiger partial charge on any atom is 0.232 e. The van der Waals surface area contributed by atoms with Gasteiger partial charge in [-0.25, -0.2) is 4.39 Å². The van der Waals surface area contributed by atoms with Crippen molar-refractivity contribution in [2.75, 3.05) is 18.1 Å². The van der Waals surface area contributed by atoms with Crippen LogP contribution in [-0.4, -0.2) is 19.1 Å². The van der Waals surface area contributed by atoms with Crippen molar-refractivity contribution in [3.8, 4) is 11.5 Å². The van der Waals surface area contributed by atoms with Crippen molar-refractivity contribution in [1.29, 1.82) is 0 Å². The van der Waals surface area contributed by atoms with E-state index in [0.717, 1.165) is 23.1 Å². The van der Waals surface area contributed by atoms with Gasteiger partial charge in [0.1, 0.15) is 5.82 Å². The largest absolute Gasteiger partial charge is 0.490 e. The van der Waals surface area contributed by atoms with Crippen LogP contribution in [0.15, 0.2) is 54.6 Å². The first kappa shape index (κ1) is 22.8. The summed E-state index contributed by atoms with van der Waals surface area (Å²) in [6.07, 6.45) is 1.14. The summed E-state index contributed by atoms with van der Waals surface area (Å²) in [5.41, 5.74) is 5.15. The van der Waals surface area contributed by atoms with Crippen molar-refractivity contribution >= 4 is 11.6 Å². The highest BCUT2D eigenvalue weighted by Crippen LogP contribution is 2.43. The first-order chi connectivity index (χ1) is 16.0. The van der Waals surface area contributed by atoms with Gasteiger partial charge in [-0.15, -0.1) is 0 Å². The van der Waals surface area contributed by atoms with Crippen LogP contribution in [0.1, 0.15) is 54.6 Å². The summed E-state index contributed by atoms with van der Waals surface area (Å²) in [7, 11) is 0. The Morgan fingerprint density at radius 1 is 0.939 bits per heavy atom. The van der Waals surface area contributed by atoms with E-state index in [1.807, 2.05) is 32.0 Å². The average molecular weight is 448 g/mol. The van der Waals surface area contributed by atoms with E-state index in [-0.39, 0.29) is 18.1 Å². The van der Waals surface area contributed by atoms with Crippen molar-refractivity contribution in [2.45, 2.75) is 46.6 Å². The SMILES string of the molecule is CCOc1cc2c(cc1OCC)[C@H](c1ccc(CC)cc1)N(c1ccc(C)c(F)c1)C(=O)C2. The number of rotatable bonds is 7. The Bertz CT molecular complexity index is 1160. The second-order valence-electron chi connectivity index (χ2n) is 8.24. The number of ether oxygens (including phenoxy) is 2. The number of hydrogen-bond donors (Lipinski definition) is 0. The van der Waals surface area contributed by atoms with Gasteiger partial charge in [0.25, 0.3) is 0 Å². The van der Waals surface area contributed by atoms with Crippen LogP contribution in [0.3, 0.4) is 0 Å². The molecule has 0 aliphatic carbocycles.